The van der Waals surface area contributed by atoms with Crippen LogP contribution in [0.1, 0.15) is 20.8 Å². The summed E-state index contributed by atoms with van der Waals surface area (Å²) in [5.41, 5.74) is 0. The third kappa shape index (κ3) is 4.20. The van der Waals surface area contributed by atoms with E-state index in [1.807, 2.05) is 20.8 Å². The van der Waals surface area contributed by atoms with E-state index in [0.29, 0.717) is 31.4 Å². The molecule has 0 saturated heterocycles. The third-order valence-electron chi connectivity index (χ3n) is 2.47. The zero-order chi connectivity index (χ0) is 13.4. The molecule has 0 fully saturated rings. The van der Waals surface area contributed by atoms with Gasteiger partial charge in [0.25, 0.3) is 0 Å². The van der Waals surface area contributed by atoms with E-state index in [0.717, 1.165) is 0 Å². The smallest absolute Gasteiger partial charge is 0.241 e. The summed E-state index contributed by atoms with van der Waals surface area (Å²) in [7, 11) is 0. The number of hydrogen-bond donors (Lipinski definition) is 1. The number of ether oxygens (including phenoxy) is 1. The molecule has 1 heterocycles. The van der Waals surface area contributed by atoms with Gasteiger partial charge in [0.15, 0.2) is 0 Å². The largest absolute Gasteiger partial charge is 0.478 e. The molecule has 6 heteroatoms. The van der Waals surface area contributed by atoms with Crippen LogP contribution in [0, 0.1) is 0 Å². The minimum absolute atomic E-state index is 0.0524. The van der Waals surface area contributed by atoms with Crippen molar-refractivity contribution in [3.63, 3.8) is 0 Å². The molecule has 1 aromatic rings. The van der Waals surface area contributed by atoms with E-state index in [1.165, 1.54) is 6.33 Å². The van der Waals surface area contributed by atoms with Gasteiger partial charge in [0.05, 0.1) is 13.2 Å². The lowest BCUT2D eigenvalue weighted by Gasteiger charge is -2.18. The summed E-state index contributed by atoms with van der Waals surface area (Å²) in [6.07, 6.45) is 1.41. The number of aromatic nitrogens is 2. The molecule has 1 amide bonds. The summed E-state index contributed by atoms with van der Waals surface area (Å²) in [5.74, 6) is 1.15. The Morgan fingerprint density at radius 3 is 2.67 bits per heavy atom. The van der Waals surface area contributed by atoms with Gasteiger partial charge >= 0.3 is 0 Å². The lowest BCUT2D eigenvalue weighted by atomic mass is 10.4. The number of carbonyl (C=O) groups excluding carboxylic acids is 1. The zero-order valence-corrected chi connectivity index (χ0v) is 11.1. The van der Waals surface area contributed by atoms with Crippen LogP contribution >= 0.6 is 0 Å². The van der Waals surface area contributed by atoms with Gasteiger partial charge in [-0.25, -0.2) is 9.97 Å². The minimum atomic E-state index is 0.0524. The highest BCUT2D eigenvalue weighted by atomic mass is 16.5. The SMILES string of the molecule is CCOc1cc(NCC(=O)N(CC)CC)ncn1. The molecule has 0 aromatic carbocycles. The van der Waals surface area contributed by atoms with Gasteiger partial charge in [0.2, 0.25) is 11.8 Å². The lowest BCUT2D eigenvalue weighted by Crippen LogP contribution is -2.35. The topological polar surface area (TPSA) is 67.3 Å². The van der Waals surface area contributed by atoms with Crippen LogP contribution in [0.15, 0.2) is 12.4 Å². The van der Waals surface area contributed by atoms with Gasteiger partial charge in [0, 0.05) is 19.2 Å². The van der Waals surface area contributed by atoms with E-state index >= 15 is 0 Å². The van der Waals surface area contributed by atoms with Gasteiger partial charge in [-0.3, -0.25) is 4.79 Å². The van der Waals surface area contributed by atoms with E-state index in [9.17, 15) is 4.79 Å². The third-order valence-corrected chi connectivity index (χ3v) is 2.47. The maximum Gasteiger partial charge on any atom is 0.241 e. The number of amides is 1. The fourth-order valence-electron chi connectivity index (χ4n) is 1.52. The van der Waals surface area contributed by atoms with E-state index in [-0.39, 0.29) is 12.5 Å². The number of nitrogens with one attached hydrogen (secondary N) is 1. The van der Waals surface area contributed by atoms with Crippen molar-refractivity contribution in [3.8, 4) is 5.88 Å². The highest BCUT2D eigenvalue weighted by Crippen LogP contribution is 2.10. The van der Waals surface area contributed by atoms with Crippen molar-refractivity contribution in [1.29, 1.82) is 0 Å². The monoisotopic (exact) mass is 252 g/mol. The van der Waals surface area contributed by atoms with Crippen molar-refractivity contribution in [2.75, 3.05) is 31.6 Å². The van der Waals surface area contributed by atoms with E-state index < -0.39 is 0 Å². The maximum atomic E-state index is 11.8. The molecule has 1 aromatic heterocycles. The van der Waals surface area contributed by atoms with Crippen molar-refractivity contribution < 1.29 is 9.53 Å². The fourth-order valence-corrected chi connectivity index (χ4v) is 1.52. The predicted molar refractivity (Wildman–Crippen MR) is 69.6 cm³/mol. The second kappa shape index (κ2) is 7.47. The first-order valence-electron chi connectivity index (χ1n) is 6.17. The molecule has 0 unspecified atom stereocenters. The molecule has 0 spiro atoms. The molecular weight excluding hydrogens is 232 g/mol. The first kappa shape index (κ1) is 14.2. The number of rotatable bonds is 7. The summed E-state index contributed by atoms with van der Waals surface area (Å²) in [6.45, 7) is 8.01. The summed E-state index contributed by atoms with van der Waals surface area (Å²) in [5, 5.41) is 2.97. The molecule has 0 saturated carbocycles. The Morgan fingerprint density at radius 1 is 1.33 bits per heavy atom. The first-order chi connectivity index (χ1) is 8.71. The van der Waals surface area contributed by atoms with Crippen LogP contribution in [0.3, 0.4) is 0 Å². The fraction of sp³-hybridized carbons (Fsp3) is 0.583. The van der Waals surface area contributed by atoms with Crippen molar-refractivity contribution in [1.82, 2.24) is 14.9 Å². The van der Waals surface area contributed by atoms with Gasteiger partial charge in [0.1, 0.15) is 12.1 Å². The van der Waals surface area contributed by atoms with Gasteiger partial charge in [-0.2, -0.15) is 0 Å². The van der Waals surface area contributed by atoms with Crippen LogP contribution in [0.25, 0.3) is 0 Å². The molecule has 1 rings (SSSR count). The molecule has 0 radical (unpaired) electrons. The van der Waals surface area contributed by atoms with Crippen LogP contribution in [-0.4, -0.2) is 47.0 Å². The van der Waals surface area contributed by atoms with Gasteiger partial charge in [-0.1, -0.05) is 0 Å². The Labute approximate surface area is 107 Å². The summed E-state index contributed by atoms with van der Waals surface area (Å²) in [6, 6.07) is 1.68. The Hall–Kier alpha value is -1.85. The Bertz CT molecular complexity index is 380. The van der Waals surface area contributed by atoms with Crippen LogP contribution in [0.5, 0.6) is 5.88 Å². The molecule has 100 valence electrons. The molecule has 0 aliphatic heterocycles. The van der Waals surface area contributed by atoms with Crippen molar-refractivity contribution in [2.45, 2.75) is 20.8 Å². The lowest BCUT2D eigenvalue weighted by molar-refractivity contribution is -0.128. The van der Waals surface area contributed by atoms with Crippen LogP contribution in [0.2, 0.25) is 0 Å². The molecule has 0 bridgehead atoms. The minimum Gasteiger partial charge on any atom is -0.478 e. The quantitative estimate of drug-likeness (QED) is 0.788. The van der Waals surface area contributed by atoms with Crippen LogP contribution < -0.4 is 10.1 Å². The number of carbonyl (C=O) groups is 1. The molecule has 6 nitrogen and oxygen atoms in total. The average molecular weight is 252 g/mol. The Morgan fingerprint density at radius 2 is 2.06 bits per heavy atom. The molecule has 0 atom stereocenters. The second-order valence-corrected chi connectivity index (χ2v) is 3.59. The molecular formula is C12H20N4O2. The van der Waals surface area contributed by atoms with Crippen molar-refractivity contribution >= 4 is 11.7 Å². The van der Waals surface area contributed by atoms with E-state index in [2.05, 4.69) is 15.3 Å². The van der Waals surface area contributed by atoms with Gasteiger partial charge in [-0.15, -0.1) is 0 Å². The zero-order valence-electron chi connectivity index (χ0n) is 11.1. The van der Waals surface area contributed by atoms with Gasteiger partial charge < -0.3 is 15.0 Å². The Balaban J connectivity index is 2.52. The second-order valence-electron chi connectivity index (χ2n) is 3.59. The number of hydrogen-bond acceptors (Lipinski definition) is 5. The predicted octanol–water partition coefficient (Wildman–Crippen LogP) is 1.16. The van der Waals surface area contributed by atoms with Gasteiger partial charge in [-0.05, 0) is 20.8 Å². The standard InChI is InChI=1S/C12H20N4O2/c1-4-16(5-2)12(17)8-13-10-7-11(18-6-3)15-9-14-10/h7,9H,4-6,8H2,1-3H3,(H,13,14,15). The highest BCUT2D eigenvalue weighted by Gasteiger charge is 2.09. The summed E-state index contributed by atoms with van der Waals surface area (Å²) in [4.78, 5) is 21.5. The summed E-state index contributed by atoms with van der Waals surface area (Å²) >= 11 is 0. The van der Waals surface area contributed by atoms with Crippen LogP contribution in [0.4, 0.5) is 5.82 Å². The first-order valence-corrected chi connectivity index (χ1v) is 6.17. The normalized spacial score (nSPS) is 9.94. The molecule has 0 aliphatic carbocycles. The Kier molecular flexibility index (Phi) is 5.90. The van der Waals surface area contributed by atoms with Crippen molar-refractivity contribution in [3.05, 3.63) is 12.4 Å². The number of likely N-dealkylation sites (N-methyl/N-ethyl adjacent to an activating group) is 1. The van der Waals surface area contributed by atoms with E-state index in [1.54, 1.807) is 11.0 Å². The number of anilines is 1. The van der Waals surface area contributed by atoms with Crippen molar-refractivity contribution in [2.24, 2.45) is 0 Å². The molecule has 0 aliphatic rings. The maximum absolute atomic E-state index is 11.8. The average Bonchev–Trinajstić information content (AvgIpc) is 2.39. The van der Waals surface area contributed by atoms with Crippen LogP contribution in [-0.2, 0) is 4.79 Å². The van der Waals surface area contributed by atoms with E-state index in [4.69, 9.17) is 4.74 Å². The molecule has 1 N–H and O–H groups in total. The molecule has 18 heavy (non-hydrogen) atoms. The highest BCUT2D eigenvalue weighted by molar-refractivity contribution is 5.80. The number of nitrogens with zero attached hydrogens (tertiary/aromatic N) is 3. The summed E-state index contributed by atoms with van der Waals surface area (Å²) < 4.78 is 5.26.